The number of ether oxygens (including phenoxy) is 9. The molecule has 20 nitrogen and oxygen atoms in total. The molecule has 2 aliphatic heterocycles. The van der Waals surface area contributed by atoms with Crippen LogP contribution < -0.4 is 21.3 Å². The number of carbonyl (C=O) groups is 7. The SMILES string of the molecule is CC[C@H]1OC(OCCOCCOCCCC(=O)c2cc(NC(=O)CCC(=O)CCCCCCCCCCC(=O)OCc3ccccc3)cc(C(=O)NCCOCCOCCOC3O[C@H](CC)[C@H](C)[C@H](C)[C@H]3NC(C)=O)c2)[C@H](NC(C)=O)[C@@H](C)[C@H]1C. The van der Waals surface area contributed by atoms with Crippen LogP contribution in [0.5, 0.6) is 0 Å². The van der Waals surface area contributed by atoms with Gasteiger partial charge in [0.25, 0.3) is 5.91 Å². The Hall–Kier alpha value is -5.19. The first-order valence-corrected chi connectivity index (χ1v) is 31.4. The van der Waals surface area contributed by atoms with Gasteiger partial charge < -0.3 is 63.9 Å². The minimum atomic E-state index is -0.582. The average Bonchev–Trinajstić information content (AvgIpc) is 3.60. The fourth-order valence-electron chi connectivity index (χ4n) is 10.6. The van der Waals surface area contributed by atoms with E-state index in [2.05, 4.69) is 62.8 Å². The maximum atomic E-state index is 13.6. The molecule has 2 aromatic carbocycles. The summed E-state index contributed by atoms with van der Waals surface area (Å²) in [6, 6.07) is 13.6. The average molecular weight is 1200 g/mol. The number of esters is 1. The molecule has 0 bridgehead atoms. The van der Waals surface area contributed by atoms with E-state index < -0.39 is 24.4 Å². The van der Waals surface area contributed by atoms with Crippen molar-refractivity contribution in [2.45, 2.75) is 202 Å². The van der Waals surface area contributed by atoms with Crippen molar-refractivity contribution in [1.82, 2.24) is 16.0 Å². The van der Waals surface area contributed by atoms with E-state index in [9.17, 15) is 33.6 Å². The van der Waals surface area contributed by atoms with Gasteiger partial charge in [-0.3, -0.25) is 33.6 Å². The fraction of sp³-hybridized carbons (Fsp3) is 0.708. The van der Waals surface area contributed by atoms with Crippen LogP contribution in [0.1, 0.15) is 184 Å². The van der Waals surface area contributed by atoms with Crippen LogP contribution in [0.4, 0.5) is 5.69 Å². The molecule has 85 heavy (non-hydrogen) atoms. The molecular weight excluding hydrogens is 1090 g/mol. The van der Waals surface area contributed by atoms with Crippen molar-refractivity contribution < 1.29 is 76.2 Å². The van der Waals surface area contributed by atoms with E-state index in [-0.39, 0.29) is 160 Å². The monoisotopic (exact) mass is 1190 g/mol. The number of carbonyl (C=O) groups excluding carboxylic acids is 7. The molecule has 2 unspecified atom stereocenters. The normalized spacial score (nSPS) is 22.1. The van der Waals surface area contributed by atoms with Crippen LogP contribution in [0.15, 0.2) is 48.5 Å². The molecule has 10 atom stereocenters. The highest BCUT2D eigenvalue weighted by Crippen LogP contribution is 2.34. The number of amides is 4. The first kappa shape index (κ1) is 72.3. The van der Waals surface area contributed by atoms with Crippen LogP contribution in [0.25, 0.3) is 0 Å². The third-order valence-electron chi connectivity index (χ3n) is 16.0. The van der Waals surface area contributed by atoms with Gasteiger partial charge in [0.2, 0.25) is 17.7 Å². The van der Waals surface area contributed by atoms with Crippen LogP contribution in [-0.4, -0.2) is 151 Å². The Morgan fingerprint density at radius 3 is 1.54 bits per heavy atom. The van der Waals surface area contributed by atoms with E-state index in [0.29, 0.717) is 52.3 Å². The Kier molecular flexibility index (Phi) is 35.6. The standard InChI is InChI=1S/C65H102N4O16/c1-9-57-45(3)47(5)61(67-49(7)70)64(84-57)81-39-37-79-35-33-77-31-22-26-56(73)52-41-53(63(76)66-30-32-78-34-36-80-38-40-82-65-62(68-50(8)71)48(6)46(4)58(10-2)85-65)43-54(42-52)69-59(74)29-28-55(72)25-20-15-13-11-12-14-16-21-27-60(75)83-44-51-23-18-17-19-24-51/h17-19,23-24,41-43,45-48,57-58,61-62,64-65H,9-16,20-22,25-40,44H2,1-8H3,(H,66,76)(H,67,70)(H,68,71)(H,69,74)/t45-,46-,47+,48+,57-,58-,61-,62-,64?,65?/m1/s1. The van der Waals surface area contributed by atoms with Gasteiger partial charge in [-0.25, -0.2) is 0 Å². The Morgan fingerprint density at radius 1 is 0.506 bits per heavy atom. The first-order valence-electron chi connectivity index (χ1n) is 31.4. The number of ketones is 2. The Bertz CT molecular complexity index is 2190. The van der Waals surface area contributed by atoms with Crippen molar-refractivity contribution in [3.63, 3.8) is 0 Å². The Balaban J connectivity index is 1.16. The summed E-state index contributed by atoms with van der Waals surface area (Å²) in [4.78, 5) is 89.0. The van der Waals surface area contributed by atoms with Gasteiger partial charge in [0.05, 0.1) is 83.8 Å². The van der Waals surface area contributed by atoms with Gasteiger partial charge in [0, 0.05) is 75.9 Å². The zero-order valence-electron chi connectivity index (χ0n) is 52.2. The molecule has 0 saturated carbocycles. The molecule has 0 aliphatic carbocycles. The predicted octanol–water partition coefficient (Wildman–Crippen LogP) is 9.23. The summed E-state index contributed by atoms with van der Waals surface area (Å²) in [7, 11) is 0. The maximum Gasteiger partial charge on any atom is 0.306 e. The minimum absolute atomic E-state index is 0.00162. The number of rotatable bonds is 44. The van der Waals surface area contributed by atoms with Crippen molar-refractivity contribution in [3.05, 3.63) is 65.2 Å². The second kappa shape index (κ2) is 41.8. The van der Waals surface area contributed by atoms with Gasteiger partial charge in [-0.1, -0.05) is 110 Å². The topological polar surface area (TPSA) is 251 Å². The van der Waals surface area contributed by atoms with Crippen LogP contribution in [-0.2, 0) is 73.2 Å². The molecule has 4 N–H and O–H groups in total. The summed E-state index contributed by atoms with van der Waals surface area (Å²) in [6.07, 6.45) is 9.54. The van der Waals surface area contributed by atoms with Crippen molar-refractivity contribution >= 4 is 46.9 Å². The molecule has 4 amide bonds. The second-order valence-corrected chi connectivity index (χ2v) is 22.6. The predicted molar refractivity (Wildman–Crippen MR) is 323 cm³/mol. The lowest BCUT2D eigenvalue weighted by Gasteiger charge is -2.44. The summed E-state index contributed by atoms with van der Waals surface area (Å²) >= 11 is 0. The van der Waals surface area contributed by atoms with E-state index in [1.54, 1.807) is 0 Å². The number of benzene rings is 2. The van der Waals surface area contributed by atoms with Crippen LogP contribution in [0.3, 0.4) is 0 Å². The molecule has 4 rings (SSSR count). The lowest BCUT2D eigenvalue weighted by atomic mass is 9.81. The first-order chi connectivity index (χ1) is 41.0. The molecule has 20 heteroatoms. The van der Waals surface area contributed by atoms with Gasteiger partial charge in [0.15, 0.2) is 18.4 Å². The van der Waals surface area contributed by atoms with E-state index in [1.807, 2.05) is 30.3 Å². The fourth-order valence-corrected chi connectivity index (χ4v) is 10.6. The highest BCUT2D eigenvalue weighted by atomic mass is 16.7. The molecule has 2 aliphatic rings. The lowest BCUT2D eigenvalue weighted by molar-refractivity contribution is -0.239. The van der Waals surface area contributed by atoms with E-state index in [0.717, 1.165) is 69.8 Å². The van der Waals surface area contributed by atoms with Gasteiger partial charge in [-0.2, -0.15) is 0 Å². The van der Waals surface area contributed by atoms with Gasteiger partial charge in [-0.15, -0.1) is 0 Å². The number of hydrogen-bond acceptors (Lipinski definition) is 16. The van der Waals surface area contributed by atoms with Crippen molar-refractivity contribution in [2.75, 3.05) is 77.9 Å². The summed E-state index contributed by atoms with van der Waals surface area (Å²) in [6.45, 7) is 18.8. The number of hydrogen-bond donors (Lipinski definition) is 4. The van der Waals surface area contributed by atoms with Crippen molar-refractivity contribution in [3.8, 4) is 0 Å². The Labute approximate surface area is 505 Å². The van der Waals surface area contributed by atoms with Gasteiger partial charge >= 0.3 is 5.97 Å². The number of unbranched alkanes of at least 4 members (excludes halogenated alkanes) is 7. The highest BCUT2D eigenvalue weighted by molar-refractivity contribution is 6.03. The van der Waals surface area contributed by atoms with E-state index in [4.69, 9.17) is 42.6 Å². The molecule has 2 saturated heterocycles. The van der Waals surface area contributed by atoms with E-state index >= 15 is 0 Å². The summed E-state index contributed by atoms with van der Waals surface area (Å²) < 4.78 is 52.7. The smallest absolute Gasteiger partial charge is 0.306 e. The molecule has 2 aromatic rings. The maximum absolute atomic E-state index is 13.6. The van der Waals surface area contributed by atoms with Crippen LogP contribution in [0.2, 0.25) is 0 Å². The zero-order valence-corrected chi connectivity index (χ0v) is 52.2. The third-order valence-corrected chi connectivity index (χ3v) is 16.0. The molecular formula is C65H102N4O16. The van der Waals surface area contributed by atoms with E-state index in [1.165, 1.54) is 32.0 Å². The van der Waals surface area contributed by atoms with Crippen LogP contribution in [0, 0.1) is 23.7 Å². The Morgan fingerprint density at radius 2 is 1.00 bits per heavy atom. The number of Topliss-reactive ketones (excluding diaryl/α,β-unsaturated/α-hetero) is 2. The molecule has 0 radical (unpaired) electrons. The number of anilines is 1. The van der Waals surface area contributed by atoms with Crippen LogP contribution >= 0.6 is 0 Å². The van der Waals surface area contributed by atoms with Gasteiger partial charge in [0.1, 0.15) is 12.4 Å². The second-order valence-electron chi connectivity index (χ2n) is 22.6. The molecule has 2 fully saturated rings. The largest absolute Gasteiger partial charge is 0.461 e. The molecule has 478 valence electrons. The number of nitrogens with one attached hydrogen (secondary N) is 4. The summed E-state index contributed by atoms with van der Waals surface area (Å²) in [5, 5.41) is 11.6. The lowest BCUT2D eigenvalue weighted by Crippen LogP contribution is -2.57. The van der Waals surface area contributed by atoms with Gasteiger partial charge in [-0.05, 0) is 79.5 Å². The summed E-state index contributed by atoms with van der Waals surface area (Å²) in [5.74, 6) is -0.708. The van der Waals surface area contributed by atoms with Crippen molar-refractivity contribution in [2.24, 2.45) is 23.7 Å². The molecule has 0 spiro atoms. The zero-order chi connectivity index (χ0) is 61.8. The third kappa shape index (κ3) is 28.5. The quantitative estimate of drug-likeness (QED) is 0.0274. The molecule has 0 aromatic heterocycles. The molecule has 2 heterocycles. The summed E-state index contributed by atoms with van der Waals surface area (Å²) in [5.41, 5.74) is 1.65. The van der Waals surface area contributed by atoms with Crippen molar-refractivity contribution in [1.29, 1.82) is 0 Å². The minimum Gasteiger partial charge on any atom is -0.461 e. The highest BCUT2D eigenvalue weighted by Gasteiger charge is 2.43.